The van der Waals surface area contributed by atoms with Gasteiger partial charge in [0.05, 0.1) is 11.3 Å². The third-order valence-electron chi connectivity index (χ3n) is 3.67. The van der Waals surface area contributed by atoms with Crippen molar-refractivity contribution in [2.24, 2.45) is 0 Å². The Morgan fingerprint density at radius 1 is 1.22 bits per heavy atom. The standard InChI is InChI=1S/C18H14F3N3O3/c1-11-6-7-24-9-14(22-15(24)8-11)17(26)27-10-16(25)23-13-5-3-2-4-12(13)18(19,20)21/h2-9H,10H2,1H3,(H,23,25). The van der Waals surface area contributed by atoms with E-state index in [1.165, 1.54) is 18.3 Å². The summed E-state index contributed by atoms with van der Waals surface area (Å²) in [5.74, 6) is -1.74. The van der Waals surface area contributed by atoms with Crippen LogP contribution >= 0.6 is 0 Å². The van der Waals surface area contributed by atoms with Gasteiger partial charge in [-0.1, -0.05) is 12.1 Å². The van der Waals surface area contributed by atoms with Gasteiger partial charge in [-0.05, 0) is 36.8 Å². The lowest BCUT2D eigenvalue weighted by Crippen LogP contribution is -2.22. The molecule has 0 bridgehead atoms. The lowest BCUT2D eigenvalue weighted by molar-refractivity contribution is -0.137. The highest BCUT2D eigenvalue weighted by Gasteiger charge is 2.33. The first-order chi connectivity index (χ1) is 12.7. The third kappa shape index (κ3) is 4.25. The van der Waals surface area contributed by atoms with Gasteiger partial charge in [0.15, 0.2) is 12.3 Å². The second-order valence-electron chi connectivity index (χ2n) is 5.76. The lowest BCUT2D eigenvalue weighted by Gasteiger charge is -2.13. The molecule has 0 radical (unpaired) electrons. The van der Waals surface area contributed by atoms with Gasteiger partial charge >= 0.3 is 12.1 Å². The molecule has 0 unspecified atom stereocenters. The Morgan fingerprint density at radius 2 is 1.96 bits per heavy atom. The Bertz CT molecular complexity index is 1010. The topological polar surface area (TPSA) is 72.7 Å². The van der Waals surface area contributed by atoms with Crippen molar-refractivity contribution < 1.29 is 27.5 Å². The van der Waals surface area contributed by atoms with Crippen molar-refractivity contribution in [3.63, 3.8) is 0 Å². The van der Waals surface area contributed by atoms with Gasteiger partial charge in [-0.2, -0.15) is 13.2 Å². The van der Waals surface area contributed by atoms with Crippen molar-refractivity contribution in [2.45, 2.75) is 13.1 Å². The summed E-state index contributed by atoms with van der Waals surface area (Å²) >= 11 is 0. The number of hydrogen-bond acceptors (Lipinski definition) is 4. The molecule has 0 aliphatic carbocycles. The fourth-order valence-corrected chi connectivity index (χ4v) is 2.41. The number of carbonyl (C=O) groups is 2. The number of rotatable bonds is 4. The van der Waals surface area contributed by atoms with Crippen LogP contribution in [0.3, 0.4) is 0 Å². The van der Waals surface area contributed by atoms with Crippen molar-refractivity contribution in [1.82, 2.24) is 9.38 Å². The van der Waals surface area contributed by atoms with Crippen LogP contribution in [0.25, 0.3) is 5.65 Å². The number of fused-ring (bicyclic) bond motifs is 1. The molecule has 27 heavy (non-hydrogen) atoms. The van der Waals surface area contributed by atoms with Crippen molar-refractivity contribution >= 4 is 23.2 Å². The number of ether oxygens (including phenoxy) is 1. The number of para-hydroxylation sites is 1. The van der Waals surface area contributed by atoms with Gasteiger partial charge in [-0.15, -0.1) is 0 Å². The molecule has 0 spiro atoms. The van der Waals surface area contributed by atoms with Crippen LogP contribution in [-0.4, -0.2) is 27.9 Å². The Balaban J connectivity index is 1.64. The molecule has 0 aliphatic heterocycles. The molecular weight excluding hydrogens is 363 g/mol. The van der Waals surface area contributed by atoms with Crippen LogP contribution in [0.5, 0.6) is 0 Å². The second-order valence-corrected chi connectivity index (χ2v) is 5.76. The Hall–Kier alpha value is -3.36. The summed E-state index contributed by atoms with van der Waals surface area (Å²) in [4.78, 5) is 28.0. The average molecular weight is 377 g/mol. The summed E-state index contributed by atoms with van der Waals surface area (Å²) in [6.07, 6.45) is -1.46. The van der Waals surface area contributed by atoms with E-state index in [9.17, 15) is 22.8 Å². The highest BCUT2D eigenvalue weighted by molar-refractivity contribution is 5.95. The van der Waals surface area contributed by atoms with Crippen LogP contribution in [-0.2, 0) is 15.7 Å². The summed E-state index contributed by atoms with van der Waals surface area (Å²) in [5.41, 5.74) is 0.0833. The van der Waals surface area contributed by atoms with E-state index < -0.39 is 35.9 Å². The summed E-state index contributed by atoms with van der Waals surface area (Å²) in [5, 5.41) is 2.10. The number of esters is 1. The van der Waals surface area contributed by atoms with Gasteiger partial charge in [0.2, 0.25) is 0 Å². The number of amides is 1. The zero-order chi connectivity index (χ0) is 19.6. The maximum atomic E-state index is 12.9. The number of pyridine rings is 1. The molecule has 1 N–H and O–H groups in total. The number of imidazole rings is 1. The molecular formula is C18H14F3N3O3. The Kier molecular flexibility index (Phi) is 4.85. The minimum Gasteiger partial charge on any atom is -0.451 e. The van der Waals surface area contributed by atoms with Gasteiger partial charge < -0.3 is 14.5 Å². The third-order valence-corrected chi connectivity index (χ3v) is 3.67. The molecule has 0 aliphatic rings. The molecule has 2 heterocycles. The van der Waals surface area contributed by atoms with Gasteiger partial charge in [-0.3, -0.25) is 4.79 Å². The molecule has 3 aromatic rings. The number of halogens is 3. The molecule has 0 saturated heterocycles. The van der Waals surface area contributed by atoms with E-state index in [2.05, 4.69) is 10.3 Å². The van der Waals surface area contributed by atoms with Crippen LogP contribution in [0.1, 0.15) is 21.6 Å². The molecule has 6 nitrogen and oxygen atoms in total. The number of nitrogens with one attached hydrogen (secondary N) is 1. The number of alkyl halides is 3. The average Bonchev–Trinajstić information content (AvgIpc) is 3.02. The summed E-state index contributed by atoms with van der Waals surface area (Å²) in [6, 6.07) is 8.12. The zero-order valence-electron chi connectivity index (χ0n) is 14.1. The van der Waals surface area contributed by atoms with E-state index >= 15 is 0 Å². The van der Waals surface area contributed by atoms with Crippen molar-refractivity contribution in [3.8, 4) is 0 Å². The summed E-state index contributed by atoms with van der Waals surface area (Å²) in [6.45, 7) is 1.13. The second kappa shape index (κ2) is 7.10. The van der Waals surface area contributed by atoms with E-state index in [1.807, 2.05) is 13.0 Å². The van der Waals surface area contributed by atoms with E-state index in [1.54, 1.807) is 16.7 Å². The van der Waals surface area contributed by atoms with Gasteiger partial charge in [0.1, 0.15) is 5.65 Å². The summed E-state index contributed by atoms with van der Waals surface area (Å²) < 4.78 is 45.2. The SMILES string of the molecule is Cc1ccn2cc(C(=O)OCC(=O)Nc3ccccc3C(F)(F)F)nc2c1. The predicted molar refractivity (Wildman–Crippen MR) is 90.3 cm³/mol. The van der Waals surface area contributed by atoms with Crippen LogP contribution in [0.15, 0.2) is 48.8 Å². The fraction of sp³-hybridized carbons (Fsp3) is 0.167. The molecule has 0 fully saturated rings. The zero-order valence-corrected chi connectivity index (χ0v) is 14.1. The van der Waals surface area contributed by atoms with Gasteiger partial charge in [0, 0.05) is 12.4 Å². The number of nitrogens with zero attached hydrogens (tertiary/aromatic N) is 2. The number of benzene rings is 1. The molecule has 1 aromatic carbocycles. The molecule has 1 amide bonds. The number of hydrogen-bond donors (Lipinski definition) is 1. The lowest BCUT2D eigenvalue weighted by atomic mass is 10.1. The van der Waals surface area contributed by atoms with Crippen LogP contribution in [0.4, 0.5) is 18.9 Å². The van der Waals surface area contributed by atoms with Gasteiger partial charge in [0.25, 0.3) is 5.91 Å². The highest BCUT2D eigenvalue weighted by atomic mass is 19.4. The quantitative estimate of drug-likeness (QED) is 0.707. The normalized spacial score (nSPS) is 11.4. The van der Waals surface area contributed by atoms with Crippen molar-refractivity contribution in [3.05, 3.63) is 65.6 Å². The minimum absolute atomic E-state index is 0.0101. The van der Waals surface area contributed by atoms with Gasteiger partial charge in [-0.25, -0.2) is 9.78 Å². The first-order valence-electron chi connectivity index (χ1n) is 7.82. The first-order valence-corrected chi connectivity index (χ1v) is 7.82. The monoisotopic (exact) mass is 377 g/mol. The maximum Gasteiger partial charge on any atom is 0.418 e. The number of carbonyl (C=O) groups excluding carboxylic acids is 2. The van der Waals surface area contributed by atoms with E-state index in [4.69, 9.17) is 4.74 Å². The molecule has 140 valence electrons. The summed E-state index contributed by atoms with van der Waals surface area (Å²) in [7, 11) is 0. The first kappa shape index (κ1) is 18.4. The Labute approximate surface area is 151 Å². The van der Waals surface area contributed by atoms with E-state index in [0.29, 0.717) is 5.65 Å². The van der Waals surface area contributed by atoms with Crippen molar-refractivity contribution in [2.75, 3.05) is 11.9 Å². The molecule has 0 atom stereocenters. The number of aromatic nitrogens is 2. The molecule has 2 aromatic heterocycles. The number of anilines is 1. The predicted octanol–water partition coefficient (Wildman–Crippen LogP) is 3.46. The van der Waals surface area contributed by atoms with Crippen LogP contribution in [0.2, 0.25) is 0 Å². The molecule has 0 saturated carbocycles. The fourth-order valence-electron chi connectivity index (χ4n) is 2.41. The molecule has 9 heteroatoms. The highest BCUT2D eigenvalue weighted by Crippen LogP contribution is 2.34. The maximum absolute atomic E-state index is 12.9. The number of aryl methyl sites for hydroxylation is 1. The van der Waals surface area contributed by atoms with E-state index in [0.717, 1.165) is 17.7 Å². The van der Waals surface area contributed by atoms with Crippen molar-refractivity contribution in [1.29, 1.82) is 0 Å². The van der Waals surface area contributed by atoms with Crippen LogP contribution < -0.4 is 5.32 Å². The minimum atomic E-state index is -4.62. The smallest absolute Gasteiger partial charge is 0.418 e. The molecule has 3 rings (SSSR count). The largest absolute Gasteiger partial charge is 0.451 e. The Morgan fingerprint density at radius 3 is 2.70 bits per heavy atom. The van der Waals surface area contributed by atoms with E-state index in [-0.39, 0.29) is 5.69 Å². The van der Waals surface area contributed by atoms with Crippen LogP contribution in [0, 0.1) is 6.92 Å².